The normalized spacial score (nSPS) is 13.1. The first-order chi connectivity index (χ1) is 15.0. The Morgan fingerprint density at radius 2 is 1.32 bits per heavy atom. The molecule has 3 nitrogen and oxygen atoms in total. The average molecular weight is 415 g/mol. The molecule has 3 rings (SSSR count). The number of ether oxygens (including phenoxy) is 1. The number of hydrogen-bond donors (Lipinski definition) is 0. The van der Waals surface area contributed by atoms with Gasteiger partial charge in [-0.15, -0.1) is 0 Å². The van der Waals surface area contributed by atoms with E-state index in [1.54, 1.807) is 0 Å². The Morgan fingerprint density at radius 1 is 0.806 bits per heavy atom. The van der Waals surface area contributed by atoms with Gasteiger partial charge in [0.1, 0.15) is 12.4 Å². The number of aldehydes is 1. The van der Waals surface area contributed by atoms with Crippen molar-refractivity contribution in [3.8, 4) is 0 Å². The van der Waals surface area contributed by atoms with E-state index >= 15 is 0 Å². The predicted molar refractivity (Wildman–Crippen MR) is 124 cm³/mol. The first kappa shape index (κ1) is 22.5. The molecule has 0 aliphatic rings. The molecule has 0 spiro atoms. The van der Waals surface area contributed by atoms with Crippen molar-refractivity contribution in [2.24, 2.45) is 11.8 Å². The summed E-state index contributed by atoms with van der Waals surface area (Å²) in [5, 5.41) is 0. The molecule has 160 valence electrons. The molecule has 0 fully saturated rings. The summed E-state index contributed by atoms with van der Waals surface area (Å²) in [7, 11) is 0. The van der Waals surface area contributed by atoms with Crippen LogP contribution in [0.4, 0.5) is 0 Å². The molecule has 0 N–H and O–H groups in total. The van der Waals surface area contributed by atoms with Crippen molar-refractivity contribution in [3.05, 3.63) is 107 Å². The molecule has 2 atom stereocenters. The van der Waals surface area contributed by atoms with E-state index in [2.05, 4.69) is 24.3 Å². The molecule has 3 aromatic rings. The molecule has 0 aliphatic heterocycles. The van der Waals surface area contributed by atoms with Crippen LogP contribution in [-0.2, 0) is 9.53 Å². The van der Waals surface area contributed by atoms with Crippen molar-refractivity contribution < 1.29 is 14.3 Å². The molecule has 3 aromatic carbocycles. The lowest BCUT2D eigenvalue weighted by atomic mass is 9.83. The molecule has 0 unspecified atom stereocenters. The highest BCUT2D eigenvalue weighted by atomic mass is 16.5. The zero-order valence-electron chi connectivity index (χ0n) is 18.4. The van der Waals surface area contributed by atoms with Crippen LogP contribution in [0.1, 0.15) is 60.2 Å². The molecule has 31 heavy (non-hydrogen) atoms. The Bertz CT molecular complexity index is 940. The highest BCUT2D eigenvalue weighted by Crippen LogP contribution is 2.34. The van der Waals surface area contributed by atoms with Crippen LogP contribution in [0.5, 0.6) is 0 Å². The fraction of sp³-hybridized carbons (Fsp3) is 0.286. The lowest BCUT2D eigenvalue weighted by Crippen LogP contribution is -2.27. The van der Waals surface area contributed by atoms with Crippen LogP contribution in [0.15, 0.2) is 84.9 Å². The monoisotopic (exact) mass is 414 g/mol. The van der Waals surface area contributed by atoms with Crippen LogP contribution in [0.3, 0.4) is 0 Å². The molecule has 0 amide bonds. The smallest absolute Gasteiger partial charge is 0.338 e. The van der Waals surface area contributed by atoms with Crippen molar-refractivity contribution in [1.29, 1.82) is 0 Å². The molecule has 0 saturated carbocycles. The van der Waals surface area contributed by atoms with E-state index in [1.807, 2.05) is 81.4 Å². The maximum absolute atomic E-state index is 13.3. The molecule has 0 aliphatic carbocycles. The maximum Gasteiger partial charge on any atom is 0.338 e. The highest BCUT2D eigenvalue weighted by molar-refractivity contribution is 5.92. The van der Waals surface area contributed by atoms with E-state index in [0.29, 0.717) is 12.0 Å². The van der Waals surface area contributed by atoms with Crippen molar-refractivity contribution in [2.75, 3.05) is 0 Å². The van der Waals surface area contributed by atoms with Gasteiger partial charge in [0.2, 0.25) is 0 Å². The lowest BCUT2D eigenvalue weighted by molar-refractivity contribution is -0.111. The molecule has 0 heterocycles. The average Bonchev–Trinajstić information content (AvgIpc) is 2.80. The molecule has 0 aromatic heterocycles. The van der Waals surface area contributed by atoms with Crippen molar-refractivity contribution >= 4 is 12.3 Å². The third kappa shape index (κ3) is 5.69. The van der Waals surface area contributed by atoms with Gasteiger partial charge in [-0.05, 0) is 35.1 Å². The Balaban J connectivity index is 2.00. The van der Waals surface area contributed by atoms with Gasteiger partial charge in [0.05, 0.1) is 5.56 Å². The number of carbonyl (C=O) groups excluding carboxylic acids is 2. The minimum atomic E-state index is -0.343. The molecule has 0 bridgehead atoms. The van der Waals surface area contributed by atoms with Gasteiger partial charge in [0.15, 0.2) is 0 Å². The van der Waals surface area contributed by atoms with Gasteiger partial charge in [-0.25, -0.2) is 4.79 Å². The van der Waals surface area contributed by atoms with Crippen LogP contribution in [-0.4, -0.2) is 18.4 Å². The summed E-state index contributed by atoms with van der Waals surface area (Å²) in [5.74, 6) is -0.462. The van der Waals surface area contributed by atoms with Crippen LogP contribution in [0, 0.1) is 11.8 Å². The summed E-state index contributed by atoms with van der Waals surface area (Å²) in [6, 6.07) is 28.0. The van der Waals surface area contributed by atoms with E-state index in [-0.39, 0.29) is 29.8 Å². The van der Waals surface area contributed by atoms with Gasteiger partial charge in [-0.1, -0.05) is 99.6 Å². The van der Waals surface area contributed by atoms with E-state index in [9.17, 15) is 9.59 Å². The predicted octanol–water partition coefficient (Wildman–Crippen LogP) is 6.27. The molecule has 0 saturated heterocycles. The Morgan fingerprint density at radius 3 is 1.84 bits per heavy atom. The van der Waals surface area contributed by atoms with Gasteiger partial charge >= 0.3 is 5.97 Å². The summed E-state index contributed by atoms with van der Waals surface area (Å²) in [5.41, 5.74) is 3.70. The van der Waals surface area contributed by atoms with Gasteiger partial charge in [0.25, 0.3) is 0 Å². The maximum atomic E-state index is 13.3. The van der Waals surface area contributed by atoms with Crippen molar-refractivity contribution in [1.82, 2.24) is 0 Å². The lowest BCUT2D eigenvalue weighted by Gasteiger charge is -2.25. The number of hydrogen-bond acceptors (Lipinski definition) is 3. The second kappa shape index (κ2) is 10.7. The fourth-order valence-electron chi connectivity index (χ4n) is 3.86. The largest absolute Gasteiger partial charge is 0.458 e. The Labute approximate surface area is 185 Å². The Hall–Kier alpha value is -3.20. The Kier molecular flexibility index (Phi) is 7.77. The van der Waals surface area contributed by atoms with Crippen molar-refractivity contribution in [3.63, 3.8) is 0 Å². The van der Waals surface area contributed by atoms with Crippen LogP contribution in [0.2, 0.25) is 0 Å². The molecular weight excluding hydrogens is 384 g/mol. The minimum Gasteiger partial charge on any atom is -0.458 e. The van der Waals surface area contributed by atoms with Gasteiger partial charge in [0, 0.05) is 11.8 Å². The van der Waals surface area contributed by atoms with Gasteiger partial charge in [-0.3, -0.25) is 0 Å². The third-order valence-electron chi connectivity index (χ3n) is 5.60. The summed E-state index contributed by atoms with van der Waals surface area (Å²) < 4.78 is 5.94. The van der Waals surface area contributed by atoms with Crippen molar-refractivity contribution in [2.45, 2.75) is 39.2 Å². The van der Waals surface area contributed by atoms with Gasteiger partial charge < -0.3 is 9.53 Å². The first-order valence-corrected chi connectivity index (χ1v) is 10.9. The zero-order chi connectivity index (χ0) is 22.2. The molecule has 0 radical (unpaired) electrons. The summed E-state index contributed by atoms with van der Waals surface area (Å²) in [6.07, 6.45) is 1.13. The van der Waals surface area contributed by atoms with Crippen LogP contribution in [0.25, 0.3) is 0 Å². The number of benzene rings is 3. The number of carbonyl (C=O) groups is 2. The van der Waals surface area contributed by atoms with E-state index in [1.165, 1.54) is 0 Å². The van der Waals surface area contributed by atoms with Gasteiger partial charge in [-0.2, -0.15) is 0 Å². The summed E-state index contributed by atoms with van der Waals surface area (Å²) >= 11 is 0. The number of rotatable bonds is 9. The summed E-state index contributed by atoms with van der Waals surface area (Å²) in [4.78, 5) is 24.4. The van der Waals surface area contributed by atoms with E-state index in [0.717, 1.165) is 23.0 Å². The molecular formula is C28H30O3. The highest BCUT2D eigenvalue weighted by Gasteiger charge is 2.26. The topological polar surface area (TPSA) is 43.4 Å². The fourth-order valence-corrected chi connectivity index (χ4v) is 3.86. The van der Waals surface area contributed by atoms with Crippen LogP contribution < -0.4 is 0 Å². The zero-order valence-corrected chi connectivity index (χ0v) is 18.4. The second-order valence-electron chi connectivity index (χ2n) is 8.38. The summed E-state index contributed by atoms with van der Waals surface area (Å²) in [6.45, 7) is 5.88. The molecule has 3 heteroatoms. The number of esters is 1. The van der Waals surface area contributed by atoms with Crippen LogP contribution >= 0.6 is 0 Å². The third-order valence-corrected chi connectivity index (χ3v) is 5.60. The minimum absolute atomic E-state index is 0.0856. The SMILES string of the molecule is CC(C)[C@H](C[C@@H](C)C=O)OC(=O)c1ccccc1C(c1ccccc1)c1ccccc1. The quantitative estimate of drug-likeness (QED) is 0.235. The second-order valence-corrected chi connectivity index (χ2v) is 8.38. The van der Waals surface area contributed by atoms with E-state index < -0.39 is 0 Å². The van der Waals surface area contributed by atoms with E-state index in [4.69, 9.17) is 4.74 Å². The standard InChI is InChI=1S/C28H30O3/c1-20(2)26(18-21(3)19-29)31-28(30)25-17-11-10-16-24(25)27(22-12-6-4-7-13-22)23-14-8-5-9-15-23/h4-17,19-21,26-27H,18H2,1-3H3/t21-,26+/m1/s1. The first-order valence-electron chi connectivity index (χ1n) is 10.9.